The van der Waals surface area contributed by atoms with Crippen molar-refractivity contribution in [2.45, 2.75) is 24.8 Å². The number of sulfonamides is 1. The summed E-state index contributed by atoms with van der Waals surface area (Å²) in [6.45, 7) is 4.52. The molecule has 0 N–H and O–H groups in total. The number of carbonyl (C=O) groups excluding carboxylic acids is 2. The van der Waals surface area contributed by atoms with Gasteiger partial charge in [0.1, 0.15) is 10.6 Å². The summed E-state index contributed by atoms with van der Waals surface area (Å²) < 4.78 is 26.4. The van der Waals surface area contributed by atoms with E-state index in [0.29, 0.717) is 31.9 Å². The summed E-state index contributed by atoms with van der Waals surface area (Å²) >= 11 is 5.89. The van der Waals surface area contributed by atoms with Gasteiger partial charge in [0.2, 0.25) is 0 Å². The molecule has 0 radical (unpaired) electrons. The molecule has 4 rings (SSSR count). The van der Waals surface area contributed by atoms with Gasteiger partial charge in [0.05, 0.1) is 10.5 Å². The summed E-state index contributed by atoms with van der Waals surface area (Å²) in [7, 11) is -4.01. The molecule has 0 bridgehead atoms. The highest BCUT2D eigenvalue weighted by molar-refractivity contribution is 7.90. The number of piperazine rings is 1. The summed E-state index contributed by atoms with van der Waals surface area (Å²) in [4.78, 5) is 39.6. The Kier molecular flexibility index (Phi) is 5.79. The Morgan fingerprint density at radius 3 is 2.36 bits per heavy atom. The van der Waals surface area contributed by atoms with Crippen LogP contribution < -0.4 is 4.90 Å². The number of halogens is 1. The lowest BCUT2D eigenvalue weighted by Gasteiger charge is -2.35. The largest absolute Gasteiger partial charge is 0.362 e. The van der Waals surface area contributed by atoms with E-state index in [-0.39, 0.29) is 32.6 Å². The number of hydrogen-bond acceptors (Lipinski definition) is 7. The van der Waals surface area contributed by atoms with Gasteiger partial charge < -0.3 is 9.80 Å². The van der Waals surface area contributed by atoms with Gasteiger partial charge in [-0.2, -0.15) is 0 Å². The van der Waals surface area contributed by atoms with Crippen LogP contribution in [0.15, 0.2) is 41.3 Å². The maximum Gasteiger partial charge on any atom is 0.294 e. The molecule has 2 aliphatic rings. The van der Waals surface area contributed by atoms with E-state index in [9.17, 15) is 28.1 Å². The summed E-state index contributed by atoms with van der Waals surface area (Å²) in [5, 5.41) is 11.7. The Bertz CT molecular complexity index is 1270. The second-order valence-corrected chi connectivity index (χ2v) is 10.3. The monoisotopic (exact) mass is 492 g/mol. The zero-order valence-corrected chi connectivity index (χ0v) is 19.5. The van der Waals surface area contributed by atoms with Crippen LogP contribution in [-0.4, -0.2) is 66.6 Å². The molecule has 0 saturated carbocycles. The molecule has 0 aromatic heterocycles. The first-order chi connectivity index (χ1) is 15.5. The average Bonchev–Trinajstić information content (AvgIpc) is 2.98. The fourth-order valence-corrected chi connectivity index (χ4v) is 6.09. The molecule has 10 nitrogen and oxygen atoms in total. The summed E-state index contributed by atoms with van der Waals surface area (Å²) in [6, 6.07) is 7.99. The molecule has 2 heterocycles. The van der Waals surface area contributed by atoms with Crippen LogP contribution in [0.4, 0.5) is 11.4 Å². The second kappa shape index (κ2) is 8.31. The molecule has 2 amide bonds. The number of benzene rings is 2. The zero-order chi connectivity index (χ0) is 24.1. The van der Waals surface area contributed by atoms with Gasteiger partial charge in [-0.1, -0.05) is 11.6 Å². The molecule has 12 heteroatoms. The molecule has 33 heavy (non-hydrogen) atoms. The van der Waals surface area contributed by atoms with Crippen molar-refractivity contribution >= 4 is 44.8 Å². The molecule has 174 valence electrons. The Balaban J connectivity index is 1.53. The Morgan fingerprint density at radius 2 is 1.76 bits per heavy atom. The van der Waals surface area contributed by atoms with Crippen LogP contribution in [0, 0.1) is 10.1 Å². The van der Waals surface area contributed by atoms with E-state index in [0.717, 1.165) is 4.31 Å². The predicted octanol–water partition coefficient (Wildman–Crippen LogP) is 2.76. The van der Waals surface area contributed by atoms with Gasteiger partial charge in [-0.3, -0.25) is 19.7 Å². The van der Waals surface area contributed by atoms with Crippen LogP contribution >= 0.6 is 11.6 Å². The van der Waals surface area contributed by atoms with Gasteiger partial charge >= 0.3 is 0 Å². The number of anilines is 1. The Labute approximate surface area is 195 Å². The molecule has 0 atom stereocenters. The maximum absolute atomic E-state index is 13.1. The number of hydrogen-bond donors (Lipinski definition) is 0. The number of nitrogens with zero attached hydrogens (tertiary/aromatic N) is 4. The number of fused-ring (bicyclic) bond motifs is 1. The molecule has 2 aliphatic heterocycles. The van der Waals surface area contributed by atoms with Gasteiger partial charge in [0.25, 0.3) is 27.5 Å². The zero-order valence-electron chi connectivity index (χ0n) is 17.9. The van der Waals surface area contributed by atoms with E-state index in [2.05, 4.69) is 0 Å². The minimum absolute atomic E-state index is 0.0557. The third-order valence-electron chi connectivity index (χ3n) is 5.71. The third kappa shape index (κ3) is 3.91. The van der Waals surface area contributed by atoms with Crippen molar-refractivity contribution in [1.82, 2.24) is 9.21 Å². The minimum Gasteiger partial charge on any atom is -0.362 e. The fraction of sp³-hybridized carbons (Fsp3) is 0.333. The number of carbonyl (C=O) groups is 2. The summed E-state index contributed by atoms with van der Waals surface area (Å²) in [5.74, 6) is -0.967. The van der Waals surface area contributed by atoms with Crippen molar-refractivity contribution in [1.29, 1.82) is 0 Å². The molecule has 0 unspecified atom stereocenters. The lowest BCUT2D eigenvalue weighted by atomic mass is 10.1. The first-order valence-corrected chi connectivity index (χ1v) is 12.0. The van der Waals surface area contributed by atoms with Crippen LogP contribution in [0.2, 0.25) is 5.02 Å². The van der Waals surface area contributed by atoms with Crippen LogP contribution in [0.1, 0.15) is 34.6 Å². The number of amides is 2. The van der Waals surface area contributed by atoms with Gasteiger partial charge in [-0.05, 0) is 44.2 Å². The lowest BCUT2D eigenvalue weighted by Crippen LogP contribution is -2.49. The lowest BCUT2D eigenvalue weighted by molar-refractivity contribution is -0.384. The van der Waals surface area contributed by atoms with E-state index in [4.69, 9.17) is 11.6 Å². The van der Waals surface area contributed by atoms with E-state index in [1.807, 2.05) is 4.90 Å². The molecular formula is C21H21ClN4O6S. The van der Waals surface area contributed by atoms with Crippen LogP contribution in [0.25, 0.3) is 0 Å². The molecule has 1 fully saturated rings. The molecule has 2 aromatic carbocycles. The number of nitro groups is 1. The molecule has 0 spiro atoms. The molecule has 2 aromatic rings. The molecular weight excluding hydrogens is 472 g/mol. The van der Waals surface area contributed by atoms with Gasteiger partial charge in [0.15, 0.2) is 0 Å². The summed E-state index contributed by atoms with van der Waals surface area (Å²) in [6.07, 6.45) is 0. The predicted molar refractivity (Wildman–Crippen MR) is 121 cm³/mol. The van der Waals surface area contributed by atoms with E-state index in [1.165, 1.54) is 24.3 Å². The van der Waals surface area contributed by atoms with Crippen molar-refractivity contribution in [2.24, 2.45) is 0 Å². The SMILES string of the molecule is CC(C)N1C(=O)c2ccc(C(=O)N3CCN(c4ccc(Cl)cc4[N+](=O)[O-])CC3)cc2S1(=O)=O. The highest BCUT2D eigenvalue weighted by Gasteiger charge is 2.43. The standard InChI is InChI=1S/C21H21ClN4O6S/c1-13(2)25-21(28)16-5-3-14(11-19(16)33(25,31)32)20(27)24-9-7-23(8-10-24)17-6-4-15(22)12-18(17)26(29)30/h3-6,11-13H,7-10H2,1-2H3. The summed E-state index contributed by atoms with van der Waals surface area (Å²) in [5.41, 5.74) is 0.541. The van der Waals surface area contributed by atoms with Crippen LogP contribution in [0.5, 0.6) is 0 Å². The first kappa shape index (κ1) is 23.0. The fourth-order valence-electron chi connectivity index (χ4n) is 4.13. The molecule has 0 aliphatic carbocycles. The topological polar surface area (TPSA) is 121 Å². The normalized spacial score (nSPS) is 17.5. The van der Waals surface area contributed by atoms with Gasteiger partial charge in [-0.25, -0.2) is 12.7 Å². The highest BCUT2D eigenvalue weighted by atomic mass is 35.5. The van der Waals surface area contributed by atoms with Gasteiger partial charge in [0, 0.05) is 48.9 Å². The quantitative estimate of drug-likeness (QED) is 0.475. The van der Waals surface area contributed by atoms with Crippen molar-refractivity contribution in [3.63, 3.8) is 0 Å². The second-order valence-electron chi connectivity index (χ2n) is 8.08. The van der Waals surface area contributed by atoms with Crippen molar-refractivity contribution < 1.29 is 22.9 Å². The van der Waals surface area contributed by atoms with Crippen molar-refractivity contribution in [2.75, 3.05) is 31.1 Å². The Morgan fingerprint density at radius 1 is 1.09 bits per heavy atom. The Hall–Kier alpha value is -3.18. The number of nitro benzene ring substituents is 1. The van der Waals surface area contributed by atoms with E-state index < -0.39 is 26.9 Å². The number of rotatable bonds is 4. The average molecular weight is 493 g/mol. The van der Waals surface area contributed by atoms with E-state index >= 15 is 0 Å². The first-order valence-electron chi connectivity index (χ1n) is 10.2. The molecule has 1 saturated heterocycles. The minimum atomic E-state index is -4.01. The third-order valence-corrected chi connectivity index (χ3v) is 7.94. The van der Waals surface area contributed by atoms with Crippen LogP contribution in [0.3, 0.4) is 0 Å². The van der Waals surface area contributed by atoms with Crippen molar-refractivity contribution in [3.8, 4) is 0 Å². The maximum atomic E-state index is 13.1. The smallest absolute Gasteiger partial charge is 0.294 e. The van der Waals surface area contributed by atoms with Gasteiger partial charge in [-0.15, -0.1) is 0 Å². The highest BCUT2D eigenvalue weighted by Crippen LogP contribution is 2.34. The van der Waals surface area contributed by atoms with Crippen molar-refractivity contribution in [3.05, 3.63) is 62.7 Å². The van der Waals surface area contributed by atoms with Crippen LogP contribution in [-0.2, 0) is 10.0 Å². The van der Waals surface area contributed by atoms with E-state index in [1.54, 1.807) is 30.9 Å².